The first-order valence-corrected chi connectivity index (χ1v) is 6.44. The Bertz CT molecular complexity index is 607. The Morgan fingerprint density at radius 2 is 1.74 bits per heavy atom. The van der Waals surface area contributed by atoms with E-state index in [4.69, 9.17) is 28.6 Å². The van der Waals surface area contributed by atoms with E-state index in [0.29, 0.717) is 15.9 Å². The van der Waals surface area contributed by atoms with Crippen molar-refractivity contribution in [3.8, 4) is 0 Å². The van der Waals surface area contributed by atoms with Crippen molar-refractivity contribution < 1.29 is 0 Å². The average Bonchev–Trinajstić information content (AvgIpc) is 2.43. The molecule has 0 amide bonds. The zero-order chi connectivity index (χ0) is 13.7. The quantitative estimate of drug-likeness (QED) is 0.630. The Kier molecular flexibility index (Phi) is 4.61. The van der Waals surface area contributed by atoms with Gasteiger partial charge < -0.3 is 5.32 Å². The van der Waals surface area contributed by atoms with Gasteiger partial charge in [-0.05, 0) is 23.8 Å². The maximum absolute atomic E-state index is 7.86. The number of rotatable bonds is 3. The van der Waals surface area contributed by atoms with E-state index in [1.807, 2.05) is 42.5 Å². The molecule has 0 radical (unpaired) electrons. The Balaban J connectivity index is 2.00. The van der Waals surface area contributed by atoms with Crippen LogP contribution in [0.3, 0.4) is 0 Å². The maximum Gasteiger partial charge on any atom is 0.129 e. The lowest BCUT2D eigenvalue weighted by molar-refractivity contribution is 1.23. The van der Waals surface area contributed by atoms with Crippen molar-refractivity contribution in [1.82, 2.24) is 5.32 Å². The molecule has 0 unspecified atom stereocenters. The van der Waals surface area contributed by atoms with E-state index in [9.17, 15) is 0 Å². The summed E-state index contributed by atoms with van der Waals surface area (Å²) < 4.78 is 0. The third kappa shape index (κ3) is 3.85. The zero-order valence-electron chi connectivity index (χ0n) is 10.0. The fourth-order valence-electron chi connectivity index (χ4n) is 1.53. The fourth-order valence-corrected chi connectivity index (χ4v) is 1.83. The van der Waals surface area contributed by atoms with E-state index in [-0.39, 0.29) is 0 Å². The largest absolute Gasteiger partial charge is 0.347 e. The molecule has 2 aromatic rings. The Hall–Kier alpha value is -1.77. The van der Waals surface area contributed by atoms with Gasteiger partial charge in [0, 0.05) is 11.8 Å². The van der Waals surface area contributed by atoms with Crippen LogP contribution in [0.15, 0.2) is 54.7 Å². The molecule has 0 bridgehead atoms. The van der Waals surface area contributed by atoms with Gasteiger partial charge in [0.05, 0.1) is 10.0 Å². The molecule has 0 aliphatic heterocycles. The van der Waals surface area contributed by atoms with Crippen LogP contribution in [0.4, 0.5) is 0 Å². The van der Waals surface area contributed by atoms with E-state index < -0.39 is 0 Å². The molecule has 0 fully saturated rings. The van der Waals surface area contributed by atoms with Crippen LogP contribution in [-0.4, -0.2) is 5.84 Å². The van der Waals surface area contributed by atoms with Crippen molar-refractivity contribution in [2.24, 2.45) is 0 Å². The maximum atomic E-state index is 7.86. The lowest BCUT2D eigenvalue weighted by Gasteiger charge is -2.03. The highest BCUT2D eigenvalue weighted by Crippen LogP contribution is 2.22. The van der Waals surface area contributed by atoms with E-state index >= 15 is 0 Å². The number of hydrogen-bond acceptors (Lipinski definition) is 1. The SMILES string of the molecule is N=C(NC=Cc1ccc(Cl)c(Cl)c1)c1ccccc1. The predicted octanol–water partition coefficient (Wildman–Crippen LogP) is 4.58. The molecule has 0 saturated heterocycles. The molecule has 0 aromatic heterocycles. The van der Waals surface area contributed by atoms with Gasteiger partial charge >= 0.3 is 0 Å². The summed E-state index contributed by atoms with van der Waals surface area (Å²) in [5.74, 6) is 0.344. The van der Waals surface area contributed by atoms with Crippen LogP contribution >= 0.6 is 23.2 Å². The molecule has 0 saturated carbocycles. The topological polar surface area (TPSA) is 35.9 Å². The molecule has 2 N–H and O–H groups in total. The van der Waals surface area contributed by atoms with Crippen LogP contribution < -0.4 is 5.32 Å². The summed E-state index contributed by atoms with van der Waals surface area (Å²) in [7, 11) is 0. The van der Waals surface area contributed by atoms with Gasteiger partial charge in [-0.3, -0.25) is 5.41 Å². The molecule has 2 rings (SSSR count). The highest BCUT2D eigenvalue weighted by Gasteiger charge is 1.98. The zero-order valence-corrected chi connectivity index (χ0v) is 11.5. The van der Waals surface area contributed by atoms with Crippen molar-refractivity contribution in [3.05, 3.63) is 75.9 Å². The molecule has 0 aliphatic carbocycles. The molecular formula is C15H12Cl2N2. The number of hydrogen-bond donors (Lipinski definition) is 2. The average molecular weight is 291 g/mol. The molecular weight excluding hydrogens is 279 g/mol. The van der Waals surface area contributed by atoms with Crippen LogP contribution in [0.2, 0.25) is 10.0 Å². The van der Waals surface area contributed by atoms with Crippen molar-refractivity contribution in [2.75, 3.05) is 0 Å². The third-order valence-corrected chi connectivity index (χ3v) is 3.25. The molecule has 0 atom stereocenters. The Morgan fingerprint density at radius 1 is 1.00 bits per heavy atom. The van der Waals surface area contributed by atoms with Crippen LogP contribution in [0.25, 0.3) is 6.08 Å². The van der Waals surface area contributed by atoms with Crippen molar-refractivity contribution in [1.29, 1.82) is 5.41 Å². The molecule has 19 heavy (non-hydrogen) atoms. The molecule has 0 spiro atoms. The summed E-state index contributed by atoms with van der Waals surface area (Å²) in [5, 5.41) is 11.8. The molecule has 96 valence electrons. The summed E-state index contributed by atoms with van der Waals surface area (Å²) in [5.41, 5.74) is 1.75. The van der Waals surface area contributed by atoms with E-state index in [1.165, 1.54) is 0 Å². The van der Waals surface area contributed by atoms with Crippen LogP contribution in [0.5, 0.6) is 0 Å². The van der Waals surface area contributed by atoms with E-state index in [1.54, 1.807) is 18.3 Å². The predicted molar refractivity (Wildman–Crippen MR) is 81.9 cm³/mol. The van der Waals surface area contributed by atoms with Crippen molar-refractivity contribution in [2.45, 2.75) is 0 Å². The third-order valence-electron chi connectivity index (χ3n) is 2.51. The smallest absolute Gasteiger partial charge is 0.129 e. The number of benzene rings is 2. The standard InChI is InChI=1S/C15H12Cl2N2/c16-13-7-6-11(10-14(13)17)8-9-19-15(18)12-4-2-1-3-5-12/h1-10H,(H2,18,19). The van der Waals surface area contributed by atoms with Gasteiger partial charge in [-0.15, -0.1) is 0 Å². The van der Waals surface area contributed by atoms with Gasteiger partial charge in [0.2, 0.25) is 0 Å². The van der Waals surface area contributed by atoms with Crippen LogP contribution in [-0.2, 0) is 0 Å². The van der Waals surface area contributed by atoms with E-state index in [0.717, 1.165) is 11.1 Å². The number of amidine groups is 1. The first kappa shape index (κ1) is 13.7. The second kappa shape index (κ2) is 6.41. The Morgan fingerprint density at radius 3 is 2.42 bits per heavy atom. The highest BCUT2D eigenvalue weighted by atomic mass is 35.5. The lowest BCUT2D eigenvalue weighted by atomic mass is 10.2. The highest BCUT2D eigenvalue weighted by molar-refractivity contribution is 6.42. The fraction of sp³-hybridized carbons (Fsp3) is 0. The molecule has 2 aromatic carbocycles. The van der Waals surface area contributed by atoms with Crippen LogP contribution in [0.1, 0.15) is 11.1 Å². The van der Waals surface area contributed by atoms with Crippen molar-refractivity contribution in [3.63, 3.8) is 0 Å². The molecule has 0 aliphatic rings. The van der Waals surface area contributed by atoms with Gasteiger partial charge in [0.1, 0.15) is 5.84 Å². The lowest BCUT2D eigenvalue weighted by Crippen LogP contribution is -2.16. The summed E-state index contributed by atoms with van der Waals surface area (Å²) in [6.45, 7) is 0. The second-order valence-electron chi connectivity index (χ2n) is 3.89. The second-order valence-corrected chi connectivity index (χ2v) is 4.71. The minimum absolute atomic E-state index is 0.344. The van der Waals surface area contributed by atoms with Crippen molar-refractivity contribution >= 4 is 35.1 Å². The van der Waals surface area contributed by atoms with Gasteiger partial charge in [-0.1, -0.05) is 59.6 Å². The van der Waals surface area contributed by atoms with Gasteiger partial charge in [-0.2, -0.15) is 0 Å². The molecule has 4 heteroatoms. The summed E-state index contributed by atoms with van der Waals surface area (Å²) in [6.07, 6.45) is 3.54. The molecule has 2 nitrogen and oxygen atoms in total. The van der Waals surface area contributed by atoms with E-state index in [2.05, 4.69) is 5.32 Å². The number of nitrogens with one attached hydrogen (secondary N) is 2. The normalized spacial score (nSPS) is 10.6. The minimum atomic E-state index is 0.344. The van der Waals surface area contributed by atoms with Gasteiger partial charge in [-0.25, -0.2) is 0 Å². The monoisotopic (exact) mass is 290 g/mol. The summed E-state index contributed by atoms with van der Waals surface area (Å²) in [6, 6.07) is 14.8. The Labute approximate surface area is 122 Å². The number of halogens is 2. The first-order valence-electron chi connectivity index (χ1n) is 5.69. The first-order chi connectivity index (χ1) is 9.16. The summed E-state index contributed by atoms with van der Waals surface area (Å²) in [4.78, 5) is 0. The summed E-state index contributed by atoms with van der Waals surface area (Å²) >= 11 is 11.8. The molecule has 0 heterocycles. The van der Waals surface area contributed by atoms with Gasteiger partial charge in [0.15, 0.2) is 0 Å². The van der Waals surface area contributed by atoms with Crippen LogP contribution in [0, 0.1) is 5.41 Å². The van der Waals surface area contributed by atoms with Gasteiger partial charge in [0.25, 0.3) is 0 Å². The minimum Gasteiger partial charge on any atom is -0.347 e.